The molecule has 1 amide bonds. The van der Waals surface area contributed by atoms with Crippen molar-refractivity contribution in [3.63, 3.8) is 0 Å². The molecule has 2 aromatic carbocycles. The van der Waals surface area contributed by atoms with E-state index in [4.69, 9.17) is 4.52 Å². The molecule has 27 heavy (non-hydrogen) atoms. The van der Waals surface area contributed by atoms with Crippen LogP contribution in [0.15, 0.2) is 47.0 Å². The predicted octanol–water partition coefficient (Wildman–Crippen LogP) is 3.56. The van der Waals surface area contributed by atoms with Crippen molar-refractivity contribution in [3.05, 3.63) is 65.3 Å². The number of aromatic nitrogens is 2. The third-order valence-electron chi connectivity index (χ3n) is 4.13. The Labute approximate surface area is 157 Å². The highest BCUT2D eigenvalue weighted by Crippen LogP contribution is 2.19. The van der Waals surface area contributed by atoms with Crippen molar-refractivity contribution in [2.75, 3.05) is 18.9 Å². The summed E-state index contributed by atoms with van der Waals surface area (Å²) < 4.78 is 18.2. The number of likely N-dealkylation sites (N-methyl/N-ethyl adjacent to an activating group) is 1. The van der Waals surface area contributed by atoms with Crippen molar-refractivity contribution in [2.24, 2.45) is 0 Å². The van der Waals surface area contributed by atoms with E-state index in [1.807, 2.05) is 32.0 Å². The fourth-order valence-electron chi connectivity index (χ4n) is 2.76. The number of nitrogens with zero attached hydrogens (tertiary/aromatic N) is 3. The molecule has 0 aliphatic carbocycles. The summed E-state index contributed by atoms with van der Waals surface area (Å²) in [6.07, 6.45) is 0. The quantitative estimate of drug-likeness (QED) is 0.720. The monoisotopic (exact) mass is 368 g/mol. The van der Waals surface area contributed by atoms with Crippen molar-refractivity contribution < 1.29 is 13.7 Å². The molecule has 1 heterocycles. The summed E-state index contributed by atoms with van der Waals surface area (Å²) in [7, 11) is 1.80. The maximum atomic E-state index is 13.0. The number of hydrogen-bond acceptors (Lipinski definition) is 5. The van der Waals surface area contributed by atoms with E-state index in [-0.39, 0.29) is 18.3 Å². The highest BCUT2D eigenvalue weighted by molar-refractivity contribution is 5.93. The number of anilines is 1. The van der Waals surface area contributed by atoms with Crippen LogP contribution >= 0.6 is 0 Å². The molecule has 0 saturated heterocycles. The van der Waals surface area contributed by atoms with Gasteiger partial charge in [-0.1, -0.05) is 23.4 Å². The largest absolute Gasteiger partial charge is 0.338 e. The molecule has 7 heteroatoms. The Morgan fingerprint density at radius 1 is 1.15 bits per heavy atom. The van der Waals surface area contributed by atoms with E-state index in [1.54, 1.807) is 24.1 Å². The molecule has 1 aromatic heterocycles. The summed E-state index contributed by atoms with van der Waals surface area (Å²) in [4.78, 5) is 18.4. The van der Waals surface area contributed by atoms with Crippen LogP contribution < -0.4 is 5.32 Å². The molecule has 0 aliphatic heterocycles. The number of carbonyl (C=O) groups excluding carboxylic acids is 1. The minimum atomic E-state index is -0.322. The van der Waals surface area contributed by atoms with Gasteiger partial charge >= 0.3 is 0 Å². The van der Waals surface area contributed by atoms with Gasteiger partial charge in [0, 0.05) is 11.3 Å². The second-order valence-corrected chi connectivity index (χ2v) is 6.51. The molecule has 0 spiro atoms. The number of carbonyl (C=O) groups is 1. The lowest BCUT2D eigenvalue weighted by atomic mass is 10.1. The van der Waals surface area contributed by atoms with Crippen LogP contribution in [0, 0.1) is 19.7 Å². The molecule has 3 aromatic rings. The highest BCUT2D eigenvalue weighted by atomic mass is 19.1. The molecule has 0 radical (unpaired) electrons. The molecule has 0 bridgehead atoms. The molecular formula is C20H21FN4O2. The molecule has 3 rings (SSSR count). The Morgan fingerprint density at radius 2 is 1.81 bits per heavy atom. The summed E-state index contributed by atoms with van der Waals surface area (Å²) >= 11 is 0. The van der Waals surface area contributed by atoms with E-state index in [9.17, 15) is 9.18 Å². The van der Waals surface area contributed by atoms with Gasteiger partial charge in [0.05, 0.1) is 13.1 Å². The standard InChI is InChI=1S/C20H21FN4O2/c1-13-5-4-6-14(2)19(13)22-17(26)11-25(3)12-18-23-20(24-27-18)15-7-9-16(21)10-8-15/h4-10H,11-12H2,1-3H3,(H,22,26). The van der Waals surface area contributed by atoms with Gasteiger partial charge in [-0.25, -0.2) is 4.39 Å². The predicted molar refractivity (Wildman–Crippen MR) is 101 cm³/mol. The third-order valence-corrected chi connectivity index (χ3v) is 4.13. The van der Waals surface area contributed by atoms with Crippen molar-refractivity contribution in [3.8, 4) is 11.4 Å². The van der Waals surface area contributed by atoms with Crippen LogP contribution in [-0.4, -0.2) is 34.5 Å². The maximum Gasteiger partial charge on any atom is 0.241 e. The first-order valence-electron chi connectivity index (χ1n) is 8.55. The summed E-state index contributed by atoms with van der Waals surface area (Å²) in [5.74, 6) is 0.334. The minimum absolute atomic E-state index is 0.117. The third kappa shape index (κ3) is 4.77. The molecule has 140 valence electrons. The van der Waals surface area contributed by atoms with E-state index in [0.717, 1.165) is 16.8 Å². The Hall–Kier alpha value is -3.06. The van der Waals surface area contributed by atoms with Gasteiger partial charge in [-0.15, -0.1) is 0 Å². The van der Waals surface area contributed by atoms with Crippen molar-refractivity contribution in [1.82, 2.24) is 15.0 Å². The van der Waals surface area contributed by atoms with Crippen LogP contribution in [-0.2, 0) is 11.3 Å². The summed E-state index contributed by atoms with van der Waals surface area (Å²) in [5, 5.41) is 6.85. The summed E-state index contributed by atoms with van der Waals surface area (Å²) in [5.41, 5.74) is 3.55. The van der Waals surface area contributed by atoms with Gasteiger partial charge in [0.15, 0.2) is 0 Å². The van der Waals surface area contributed by atoms with Crippen LogP contribution in [0.1, 0.15) is 17.0 Å². The topological polar surface area (TPSA) is 71.3 Å². The number of hydrogen-bond donors (Lipinski definition) is 1. The van der Waals surface area contributed by atoms with Gasteiger partial charge in [-0.3, -0.25) is 9.69 Å². The lowest BCUT2D eigenvalue weighted by Gasteiger charge is -2.16. The number of rotatable bonds is 6. The van der Waals surface area contributed by atoms with Gasteiger partial charge in [0.2, 0.25) is 17.6 Å². The molecule has 0 atom stereocenters. The number of aryl methyl sites for hydroxylation is 2. The first kappa shape index (κ1) is 18.7. The minimum Gasteiger partial charge on any atom is -0.338 e. The molecular weight excluding hydrogens is 347 g/mol. The van der Waals surface area contributed by atoms with E-state index in [0.29, 0.717) is 23.8 Å². The first-order chi connectivity index (χ1) is 12.9. The second kappa shape index (κ2) is 8.09. The summed E-state index contributed by atoms with van der Waals surface area (Å²) in [6, 6.07) is 11.7. The van der Waals surface area contributed by atoms with Gasteiger partial charge in [-0.05, 0) is 56.3 Å². The fourth-order valence-corrected chi connectivity index (χ4v) is 2.76. The van der Waals surface area contributed by atoms with Gasteiger partial charge in [0.1, 0.15) is 5.82 Å². The molecule has 0 unspecified atom stereocenters. The average Bonchev–Trinajstić information content (AvgIpc) is 3.07. The molecule has 0 aliphatic rings. The Morgan fingerprint density at radius 3 is 2.48 bits per heavy atom. The SMILES string of the molecule is Cc1cccc(C)c1NC(=O)CN(C)Cc1nc(-c2ccc(F)cc2)no1. The van der Waals surface area contributed by atoms with E-state index in [2.05, 4.69) is 15.5 Å². The first-order valence-corrected chi connectivity index (χ1v) is 8.55. The highest BCUT2D eigenvalue weighted by Gasteiger charge is 2.14. The summed E-state index contributed by atoms with van der Waals surface area (Å²) in [6.45, 7) is 4.43. The number of para-hydroxylation sites is 1. The second-order valence-electron chi connectivity index (χ2n) is 6.51. The van der Waals surface area contributed by atoms with Crippen LogP contribution in [0.3, 0.4) is 0 Å². The van der Waals surface area contributed by atoms with Crippen molar-refractivity contribution >= 4 is 11.6 Å². The average molecular weight is 368 g/mol. The smallest absolute Gasteiger partial charge is 0.241 e. The maximum absolute atomic E-state index is 13.0. The zero-order valence-electron chi connectivity index (χ0n) is 15.5. The van der Waals surface area contributed by atoms with Crippen LogP contribution in [0.2, 0.25) is 0 Å². The van der Waals surface area contributed by atoms with Gasteiger partial charge in [-0.2, -0.15) is 4.98 Å². The molecule has 0 fully saturated rings. The van der Waals surface area contributed by atoms with Crippen molar-refractivity contribution in [2.45, 2.75) is 20.4 Å². The van der Waals surface area contributed by atoms with E-state index >= 15 is 0 Å². The molecule has 1 N–H and O–H groups in total. The zero-order valence-corrected chi connectivity index (χ0v) is 15.5. The van der Waals surface area contributed by atoms with Crippen LogP contribution in [0.5, 0.6) is 0 Å². The lowest BCUT2D eigenvalue weighted by molar-refractivity contribution is -0.117. The van der Waals surface area contributed by atoms with E-state index < -0.39 is 0 Å². The van der Waals surface area contributed by atoms with Crippen LogP contribution in [0.4, 0.5) is 10.1 Å². The van der Waals surface area contributed by atoms with Crippen molar-refractivity contribution in [1.29, 1.82) is 0 Å². The number of benzene rings is 2. The fraction of sp³-hybridized carbons (Fsp3) is 0.250. The molecule has 6 nitrogen and oxygen atoms in total. The number of nitrogens with one attached hydrogen (secondary N) is 1. The zero-order chi connectivity index (χ0) is 19.4. The number of amides is 1. The Bertz CT molecular complexity index is 917. The number of halogens is 1. The Kier molecular flexibility index (Phi) is 5.61. The lowest BCUT2D eigenvalue weighted by Crippen LogP contribution is -2.30. The van der Waals surface area contributed by atoms with E-state index in [1.165, 1.54) is 12.1 Å². The molecule has 0 saturated carbocycles. The van der Waals surface area contributed by atoms with Crippen LogP contribution in [0.25, 0.3) is 11.4 Å². The van der Waals surface area contributed by atoms with Gasteiger partial charge in [0.25, 0.3) is 0 Å². The van der Waals surface area contributed by atoms with Gasteiger partial charge < -0.3 is 9.84 Å². The normalized spacial score (nSPS) is 11.0. The Balaban J connectivity index is 1.58.